The summed E-state index contributed by atoms with van der Waals surface area (Å²) >= 11 is 0. The van der Waals surface area contributed by atoms with Crippen LogP contribution in [0.5, 0.6) is 0 Å². The largest absolute Gasteiger partial charge is 0.481 e. The number of aliphatic hydroxyl groups excluding tert-OH is 2. The molecule has 1 heterocycles. The fourth-order valence-corrected chi connectivity index (χ4v) is 5.71. The third-order valence-corrected chi connectivity index (χ3v) is 8.77. The van der Waals surface area contributed by atoms with Gasteiger partial charge in [-0.25, -0.2) is 4.79 Å². The topological polar surface area (TPSA) is 331 Å². The predicted octanol–water partition coefficient (Wildman–Crippen LogP) is -2.01. The van der Waals surface area contributed by atoms with Crippen molar-refractivity contribution in [2.24, 2.45) is 17.6 Å². The summed E-state index contributed by atoms with van der Waals surface area (Å²) in [6, 6.07) is -2.62. The smallest absolute Gasteiger partial charge is 0.326 e. The fourth-order valence-electron chi connectivity index (χ4n) is 5.71. The molecule has 2 aromatic rings. The van der Waals surface area contributed by atoms with Crippen LogP contribution in [0.25, 0.3) is 10.9 Å². The number of hydrogen-bond donors (Lipinski definition) is 12. The second-order valence-electron chi connectivity index (χ2n) is 14.6. The molecule has 0 radical (unpaired) electrons. The zero-order valence-electron chi connectivity index (χ0n) is 32.7. The average molecular weight is 805 g/mol. The Hall–Kier alpha value is -5.60. The van der Waals surface area contributed by atoms with Crippen molar-refractivity contribution in [3.8, 4) is 0 Å². The highest BCUT2D eigenvalue weighted by Gasteiger charge is 2.34. The minimum atomic E-state index is -1.60. The zero-order chi connectivity index (χ0) is 43.0. The van der Waals surface area contributed by atoms with E-state index in [1.165, 1.54) is 6.92 Å². The van der Waals surface area contributed by atoms with E-state index in [4.69, 9.17) is 5.73 Å². The van der Waals surface area contributed by atoms with E-state index in [0.717, 1.165) is 5.52 Å². The van der Waals surface area contributed by atoms with Crippen LogP contribution in [-0.2, 0) is 44.8 Å². The lowest BCUT2D eigenvalue weighted by Crippen LogP contribution is -2.60. The van der Waals surface area contributed by atoms with E-state index in [2.05, 4.69) is 36.9 Å². The number of H-pyrrole nitrogens is 1. The van der Waals surface area contributed by atoms with Crippen LogP contribution in [-0.4, -0.2) is 128 Å². The lowest BCUT2D eigenvalue weighted by molar-refractivity contribution is -0.142. The van der Waals surface area contributed by atoms with Gasteiger partial charge < -0.3 is 63.0 Å². The number of nitrogens with one attached hydrogen (secondary N) is 7. The number of rotatable bonds is 24. The van der Waals surface area contributed by atoms with Gasteiger partial charge in [0.05, 0.1) is 13.2 Å². The molecular formula is C37H56N8O12. The number of aliphatic carboxylic acids is 2. The number of aromatic nitrogens is 1. The molecule has 20 nitrogen and oxygen atoms in total. The molecule has 6 amide bonds. The van der Waals surface area contributed by atoms with Crippen molar-refractivity contribution in [1.29, 1.82) is 0 Å². The average Bonchev–Trinajstić information content (AvgIpc) is 3.55. The molecule has 7 atom stereocenters. The van der Waals surface area contributed by atoms with Crippen molar-refractivity contribution in [2.75, 3.05) is 13.2 Å². The fraction of sp³-hybridized carbons (Fsp3) is 0.568. The van der Waals surface area contributed by atoms with Crippen LogP contribution in [0.1, 0.15) is 65.9 Å². The summed E-state index contributed by atoms with van der Waals surface area (Å²) < 4.78 is 0. The number of carbonyl (C=O) groups is 8. The molecule has 0 saturated heterocycles. The van der Waals surface area contributed by atoms with Crippen molar-refractivity contribution in [3.05, 3.63) is 36.0 Å². The molecule has 0 aliphatic heterocycles. The van der Waals surface area contributed by atoms with E-state index in [-0.39, 0.29) is 31.1 Å². The van der Waals surface area contributed by atoms with Gasteiger partial charge in [0.1, 0.15) is 42.3 Å². The van der Waals surface area contributed by atoms with Crippen LogP contribution in [0, 0.1) is 11.8 Å². The first-order valence-electron chi connectivity index (χ1n) is 18.6. The minimum Gasteiger partial charge on any atom is -0.481 e. The molecule has 0 saturated carbocycles. The number of benzene rings is 1. The first-order valence-corrected chi connectivity index (χ1v) is 18.6. The summed E-state index contributed by atoms with van der Waals surface area (Å²) in [5.41, 5.74) is 6.89. The van der Waals surface area contributed by atoms with Gasteiger partial charge in [0.15, 0.2) is 0 Å². The maximum absolute atomic E-state index is 14.0. The van der Waals surface area contributed by atoms with Crippen LogP contribution in [0.2, 0.25) is 0 Å². The van der Waals surface area contributed by atoms with Crippen LogP contribution in [0.3, 0.4) is 0 Å². The Morgan fingerprint density at radius 1 is 0.632 bits per heavy atom. The Morgan fingerprint density at radius 3 is 1.72 bits per heavy atom. The van der Waals surface area contributed by atoms with Crippen molar-refractivity contribution in [2.45, 2.75) is 109 Å². The van der Waals surface area contributed by atoms with Crippen LogP contribution in [0.4, 0.5) is 0 Å². The monoisotopic (exact) mass is 804 g/mol. The normalized spacial score (nSPS) is 15.0. The second-order valence-corrected chi connectivity index (χ2v) is 14.6. The van der Waals surface area contributed by atoms with Crippen molar-refractivity contribution in [3.63, 3.8) is 0 Å². The first kappa shape index (κ1) is 47.6. The highest BCUT2D eigenvalue weighted by molar-refractivity contribution is 5.97. The Kier molecular flexibility index (Phi) is 19.0. The number of para-hydroxylation sites is 1. The van der Waals surface area contributed by atoms with Gasteiger partial charge in [0, 0.05) is 29.9 Å². The second kappa shape index (κ2) is 22.8. The minimum absolute atomic E-state index is 0.0205. The maximum Gasteiger partial charge on any atom is 0.326 e. The molecule has 13 N–H and O–H groups in total. The van der Waals surface area contributed by atoms with Crippen LogP contribution in [0.15, 0.2) is 30.5 Å². The van der Waals surface area contributed by atoms with Gasteiger partial charge in [-0.3, -0.25) is 33.6 Å². The standard InChI is InChI=1S/C37H56N8O12/c1-18(2)12-26(34(53)45-29(17-47)36(55)40-20(5)31(50)44-28(37(56)57)13-19(3)4)42-35(54)27(14-21-15-39-24-9-7-6-8-22(21)24)43-33(52)25(10-11-30(48)49)41-32(51)23(38)16-46/h6-9,15,18-20,23,25-29,39,46-47H,10-14,16-17,38H2,1-5H3,(H,40,55)(H,41,51)(H,42,54)(H,43,52)(H,44,50)(H,45,53)(H,48,49)(H,56,57)/t20-,23-,25-,26-,27-,28-,29-/m0/s1. The third-order valence-electron chi connectivity index (χ3n) is 8.77. The van der Waals surface area contributed by atoms with E-state index in [9.17, 15) is 58.8 Å². The number of carboxylic acids is 2. The lowest BCUT2D eigenvalue weighted by atomic mass is 10.00. The predicted molar refractivity (Wildman–Crippen MR) is 205 cm³/mol. The molecular weight excluding hydrogens is 748 g/mol. The van der Waals surface area contributed by atoms with Gasteiger partial charge in [0.2, 0.25) is 35.4 Å². The molecule has 0 bridgehead atoms. The molecule has 1 aromatic carbocycles. The molecule has 0 aliphatic rings. The molecule has 20 heteroatoms. The summed E-state index contributed by atoms with van der Waals surface area (Å²) in [5, 5.41) is 53.3. The molecule has 1 aromatic heterocycles. The van der Waals surface area contributed by atoms with Gasteiger partial charge in [-0.2, -0.15) is 0 Å². The Balaban J connectivity index is 2.34. The number of aliphatic hydroxyl groups is 2. The summed E-state index contributed by atoms with van der Waals surface area (Å²) in [7, 11) is 0. The molecule has 0 unspecified atom stereocenters. The first-order chi connectivity index (χ1) is 26.8. The third kappa shape index (κ3) is 15.5. The molecule has 316 valence electrons. The van der Waals surface area contributed by atoms with E-state index < -0.39 is 116 Å². The van der Waals surface area contributed by atoms with E-state index in [1.807, 2.05) is 0 Å². The molecule has 0 aliphatic carbocycles. The Morgan fingerprint density at radius 2 is 1.14 bits per heavy atom. The van der Waals surface area contributed by atoms with Gasteiger partial charge in [-0.1, -0.05) is 45.9 Å². The van der Waals surface area contributed by atoms with Crippen LogP contribution >= 0.6 is 0 Å². The van der Waals surface area contributed by atoms with Crippen molar-refractivity contribution < 1.29 is 58.8 Å². The molecule has 0 spiro atoms. The van der Waals surface area contributed by atoms with E-state index in [0.29, 0.717) is 10.9 Å². The van der Waals surface area contributed by atoms with Crippen LogP contribution < -0.4 is 37.6 Å². The van der Waals surface area contributed by atoms with Crippen molar-refractivity contribution >= 4 is 58.3 Å². The van der Waals surface area contributed by atoms with Gasteiger partial charge in [-0.05, 0) is 49.7 Å². The molecule has 0 fully saturated rings. The number of hydrogen-bond acceptors (Lipinski definition) is 11. The lowest BCUT2D eigenvalue weighted by Gasteiger charge is -2.27. The number of nitrogens with two attached hydrogens (primary N) is 1. The maximum atomic E-state index is 14.0. The quantitative estimate of drug-likeness (QED) is 0.0547. The molecule has 57 heavy (non-hydrogen) atoms. The molecule has 2 rings (SSSR count). The zero-order valence-corrected chi connectivity index (χ0v) is 32.7. The summed E-state index contributed by atoms with van der Waals surface area (Å²) in [6.45, 7) is 6.68. The van der Waals surface area contributed by atoms with Gasteiger partial charge in [0.25, 0.3) is 0 Å². The Labute approximate surface area is 329 Å². The summed E-state index contributed by atoms with van der Waals surface area (Å²) in [6.07, 6.45) is 0.687. The van der Waals surface area contributed by atoms with E-state index in [1.54, 1.807) is 58.2 Å². The SMILES string of the molecule is CC(C)C[C@H](NC(=O)[C@H](C)NC(=O)[C@H](CO)NC(=O)[C@H](CC(C)C)NC(=O)[C@H](Cc1c[nH]c2ccccc12)NC(=O)[C@H](CCC(=O)O)NC(=O)[C@@H](N)CO)C(=O)O. The summed E-state index contributed by atoms with van der Waals surface area (Å²) in [4.78, 5) is 106. The highest BCUT2D eigenvalue weighted by Crippen LogP contribution is 2.20. The van der Waals surface area contributed by atoms with Crippen molar-refractivity contribution in [1.82, 2.24) is 36.9 Å². The Bertz CT molecular complexity index is 1730. The number of fused-ring (bicyclic) bond motifs is 1. The van der Waals surface area contributed by atoms with E-state index >= 15 is 0 Å². The highest BCUT2D eigenvalue weighted by atomic mass is 16.4. The number of carboxylic acid groups (broad SMARTS) is 2. The number of aromatic amines is 1. The number of carbonyl (C=O) groups excluding carboxylic acids is 6. The summed E-state index contributed by atoms with van der Waals surface area (Å²) in [5.74, 6) is -8.25. The van der Waals surface area contributed by atoms with Gasteiger partial charge in [-0.15, -0.1) is 0 Å². The number of amides is 6. The van der Waals surface area contributed by atoms with Gasteiger partial charge >= 0.3 is 11.9 Å².